The van der Waals surface area contributed by atoms with E-state index in [0.29, 0.717) is 16.7 Å². The van der Waals surface area contributed by atoms with Crippen molar-refractivity contribution >= 4 is 27.5 Å². The van der Waals surface area contributed by atoms with Crippen molar-refractivity contribution in [1.29, 1.82) is 0 Å². The first-order valence-corrected chi connectivity index (χ1v) is 9.70. The van der Waals surface area contributed by atoms with Gasteiger partial charge in [-0.15, -0.1) is 0 Å². The molecule has 1 fully saturated rings. The molecule has 2 aromatic carbocycles. The van der Waals surface area contributed by atoms with Crippen molar-refractivity contribution in [3.63, 3.8) is 0 Å². The average molecular weight is 436 g/mol. The van der Waals surface area contributed by atoms with Crippen LogP contribution in [0.25, 0.3) is 0 Å². The molecule has 5 nitrogen and oxygen atoms in total. The molecule has 0 aliphatic carbocycles. The lowest BCUT2D eigenvalue weighted by atomic mass is 10.0. The van der Waals surface area contributed by atoms with Crippen LogP contribution in [0.1, 0.15) is 34.8 Å². The number of nitrogens with one attached hydrogen (secondary N) is 1. The Morgan fingerprint density at radius 2 is 2.04 bits per heavy atom. The Labute approximate surface area is 166 Å². The van der Waals surface area contributed by atoms with Crippen molar-refractivity contribution in [3.8, 4) is 5.75 Å². The molecule has 0 spiro atoms. The van der Waals surface area contributed by atoms with Crippen LogP contribution >= 0.6 is 15.9 Å². The van der Waals surface area contributed by atoms with Crippen LogP contribution in [0.4, 0.5) is 10.1 Å². The molecule has 1 unspecified atom stereocenters. The van der Waals surface area contributed by atoms with Gasteiger partial charge in [-0.3, -0.25) is 9.69 Å². The number of hydrogen-bond donors (Lipinski definition) is 2. The summed E-state index contributed by atoms with van der Waals surface area (Å²) in [5, 5.41) is 3.23. The Balaban J connectivity index is 1.91. The third kappa shape index (κ3) is 4.42. The van der Waals surface area contributed by atoms with Gasteiger partial charge in [0.2, 0.25) is 0 Å². The molecule has 2 aromatic rings. The van der Waals surface area contributed by atoms with Crippen LogP contribution in [0.3, 0.4) is 0 Å². The second kappa shape index (κ2) is 8.71. The number of rotatable bonds is 7. The fourth-order valence-electron chi connectivity index (χ4n) is 3.60. The maximum Gasteiger partial charge on any atom is 0.253 e. The highest BCUT2D eigenvalue weighted by molar-refractivity contribution is 9.10. The smallest absolute Gasteiger partial charge is 0.253 e. The summed E-state index contributed by atoms with van der Waals surface area (Å²) in [6, 6.07) is 10.8. The monoisotopic (exact) mass is 435 g/mol. The Bertz CT molecular complexity index is 825. The van der Waals surface area contributed by atoms with Gasteiger partial charge >= 0.3 is 0 Å². The van der Waals surface area contributed by atoms with Gasteiger partial charge in [-0.25, -0.2) is 4.39 Å². The predicted molar refractivity (Wildman–Crippen MR) is 108 cm³/mol. The van der Waals surface area contributed by atoms with Crippen LogP contribution in [0.2, 0.25) is 0 Å². The van der Waals surface area contributed by atoms with E-state index in [0.717, 1.165) is 37.2 Å². The third-order valence-electron chi connectivity index (χ3n) is 4.87. The first-order chi connectivity index (χ1) is 13.0. The number of methoxy groups -OCH3 is 1. The number of amides is 1. The minimum Gasteiger partial charge on any atom is -0.496 e. The maximum absolute atomic E-state index is 14.2. The molecule has 0 saturated carbocycles. The van der Waals surface area contributed by atoms with Gasteiger partial charge < -0.3 is 15.8 Å². The van der Waals surface area contributed by atoms with Crippen molar-refractivity contribution in [2.45, 2.75) is 18.9 Å². The summed E-state index contributed by atoms with van der Waals surface area (Å²) in [6.07, 6.45) is 2.29. The number of hydrogen-bond acceptors (Lipinski definition) is 4. The highest BCUT2D eigenvalue weighted by Crippen LogP contribution is 2.33. The Morgan fingerprint density at radius 3 is 2.70 bits per heavy atom. The number of nitrogens with two attached hydrogens (primary N) is 1. The third-order valence-corrected chi connectivity index (χ3v) is 5.32. The molecule has 0 radical (unpaired) electrons. The average Bonchev–Trinajstić information content (AvgIpc) is 3.15. The van der Waals surface area contributed by atoms with E-state index in [1.54, 1.807) is 13.2 Å². The Hall–Kier alpha value is -2.12. The number of para-hydroxylation sites is 1. The largest absolute Gasteiger partial charge is 0.496 e. The second-order valence-electron chi connectivity index (χ2n) is 6.56. The van der Waals surface area contributed by atoms with Crippen LogP contribution in [-0.4, -0.2) is 37.6 Å². The van der Waals surface area contributed by atoms with Gasteiger partial charge in [0.1, 0.15) is 11.6 Å². The lowest BCUT2D eigenvalue weighted by Crippen LogP contribution is -2.32. The molecule has 27 heavy (non-hydrogen) atoms. The molecule has 7 heteroatoms. The van der Waals surface area contributed by atoms with Gasteiger partial charge in [-0.1, -0.05) is 34.1 Å². The Kier molecular flexibility index (Phi) is 6.34. The lowest BCUT2D eigenvalue weighted by Gasteiger charge is -2.30. The van der Waals surface area contributed by atoms with E-state index in [1.165, 1.54) is 6.07 Å². The van der Waals surface area contributed by atoms with Gasteiger partial charge in [0.05, 0.1) is 24.4 Å². The van der Waals surface area contributed by atoms with Crippen molar-refractivity contribution in [2.24, 2.45) is 5.73 Å². The van der Waals surface area contributed by atoms with Crippen molar-refractivity contribution in [1.82, 2.24) is 4.90 Å². The summed E-state index contributed by atoms with van der Waals surface area (Å²) < 4.78 is 20.3. The zero-order chi connectivity index (χ0) is 19.4. The molecule has 1 aliphatic heterocycles. The number of halogens is 2. The number of carbonyl (C=O) groups is 1. The summed E-state index contributed by atoms with van der Waals surface area (Å²) in [5.41, 5.74) is 6.70. The molecular formula is C20H23BrFN3O2. The van der Waals surface area contributed by atoms with Gasteiger partial charge in [-0.2, -0.15) is 0 Å². The van der Waals surface area contributed by atoms with E-state index in [2.05, 4.69) is 26.1 Å². The number of carbonyl (C=O) groups excluding carboxylic acids is 1. The van der Waals surface area contributed by atoms with E-state index in [1.807, 2.05) is 24.3 Å². The molecule has 0 bridgehead atoms. The molecule has 1 amide bonds. The molecular weight excluding hydrogens is 413 g/mol. The number of benzene rings is 2. The molecule has 1 saturated heterocycles. The zero-order valence-corrected chi connectivity index (χ0v) is 16.8. The molecule has 3 N–H and O–H groups in total. The molecule has 1 atom stereocenters. The van der Waals surface area contributed by atoms with Crippen molar-refractivity contribution in [3.05, 3.63) is 57.8 Å². The quantitative estimate of drug-likeness (QED) is 0.690. The highest BCUT2D eigenvalue weighted by atomic mass is 79.9. The first kappa shape index (κ1) is 19.6. The van der Waals surface area contributed by atoms with E-state index in [-0.39, 0.29) is 11.6 Å². The highest BCUT2D eigenvalue weighted by Gasteiger charge is 2.26. The minimum atomic E-state index is -0.794. The standard InChI is InChI=1S/C20H23BrFN3O2/c1-27-18-7-3-2-6-14(18)17(25-8-4-5-9-25)12-24-16-11-13(21)10-15(22)19(16)20(23)26/h2-3,6-7,10-11,17,24H,4-5,8-9,12H2,1H3,(H2,23,26). The fraction of sp³-hybridized carbons (Fsp3) is 0.350. The summed E-state index contributed by atoms with van der Waals surface area (Å²) in [5.74, 6) is -0.626. The number of likely N-dealkylation sites (tertiary alicyclic amines) is 1. The molecule has 3 rings (SSSR count). The Morgan fingerprint density at radius 1 is 1.33 bits per heavy atom. The van der Waals surface area contributed by atoms with Crippen LogP contribution in [0.15, 0.2) is 40.9 Å². The van der Waals surface area contributed by atoms with Gasteiger partial charge in [0.25, 0.3) is 5.91 Å². The molecule has 0 aromatic heterocycles. The number of ether oxygens (including phenoxy) is 1. The minimum absolute atomic E-state index is 0.0337. The number of anilines is 1. The first-order valence-electron chi connectivity index (χ1n) is 8.91. The molecule has 144 valence electrons. The molecule has 1 aliphatic rings. The molecule has 1 heterocycles. The van der Waals surface area contributed by atoms with E-state index in [4.69, 9.17) is 10.5 Å². The van der Waals surface area contributed by atoms with E-state index < -0.39 is 11.7 Å². The van der Waals surface area contributed by atoms with Gasteiger partial charge in [0.15, 0.2) is 0 Å². The fourth-order valence-corrected chi connectivity index (χ4v) is 4.03. The maximum atomic E-state index is 14.2. The van der Waals surface area contributed by atoms with Crippen LogP contribution in [0, 0.1) is 5.82 Å². The summed E-state index contributed by atoms with van der Waals surface area (Å²) >= 11 is 3.27. The summed E-state index contributed by atoms with van der Waals surface area (Å²) in [4.78, 5) is 14.1. The topological polar surface area (TPSA) is 67.6 Å². The number of primary amides is 1. The predicted octanol–water partition coefficient (Wildman–Crippen LogP) is 3.94. The lowest BCUT2D eigenvalue weighted by molar-refractivity contribution is 0.0997. The summed E-state index contributed by atoms with van der Waals surface area (Å²) in [6.45, 7) is 2.47. The normalized spacial score (nSPS) is 15.5. The van der Waals surface area contributed by atoms with Crippen molar-refractivity contribution < 1.29 is 13.9 Å². The van der Waals surface area contributed by atoms with Gasteiger partial charge in [0, 0.05) is 16.6 Å². The van der Waals surface area contributed by atoms with Gasteiger partial charge in [-0.05, 0) is 44.1 Å². The second-order valence-corrected chi connectivity index (χ2v) is 7.47. The van der Waals surface area contributed by atoms with E-state index in [9.17, 15) is 9.18 Å². The zero-order valence-electron chi connectivity index (χ0n) is 15.2. The SMILES string of the molecule is COc1ccccc1C(CNc1cc(Br)cc(F)c1C(N)=O)N1CCCC1. The van der Waals surface area contributed by atoms with Crippen molar-refractivity contribution in [2.75, 3.05) is 32.1 Å². The summed E-state index contributed by atoms with van der Waals surface area (Å²) in [7, 11) is 1.65. The van der Waals surface area contributed by atoms with Crippen LogP contribution < -0.4 is 15.8 Å². The van der Waals surface area contributed by atoms with Crippen LogP contribution in [-0.2, 0) is 0 Å². The van der Waals surface area contributed by atoms with E-state index >= 15 is 0 Å². The van der Waals surface area contributed by atoms with Crippen LogP contribution in [0.5, 0.6) is 5.75 Å². The number of nitrogens with zero attached hydrogens (tertiary/aromatic N) is 1.